The molecule has 0 aromatic heterocycles. The predicted octanol–water partition coefficient (Wildman–Crippen LogP) is 7.68. The molecule has 0 unspecified atom stereocenters. The highest BCUT2D eigenvalue weighted by Gasteiger charge is 2.07. The average molecular weight is 383 g/mol. The maximum absolute atomic E-state index is 4.87. The minimum absolute atomic E-state index is 0.920. The first kappa shape index (κ1) is 19.6. The number of benzene rings is 2. The molecule has 2 aromatic carbocycles. The van der Waals surface area contributed by atoms with Crippen molar-refractivity contribution >= 4 is 22.8 Å². The Morgan fingerprint density at radius 2 is 1.28 bits per heavy atom. The Labute approximate surface area is 174 Å². The summed E-state index contributed by atoms with van der Waals surface area (Å²) in [4.78, 5) is 9.69. The highest BCUT2D eigenvalue weighted by atomic mass is 14.7. The molecule has 0 bridgehead atoms. The van der Waals surface area contributed by atoms with Crippen LogP contribution in [0.25, 0.3) is 0 Å². The third-order valence-corrected chi connectivity index (χ3v) is 5.63. The molecule has 2 aliphatic rings. The summed E-state index contributed by atoms with van der Waals surface area (Å²) >= 11 is 0. The SMILES string of the molecule is CC1=CC(=Nc2ccc(Cc3cccc(N=C4C=C(C)CCC4)c3)cc2)CCC1. The summed E-state index contributed by atoms with van der Waals surface area (Å²) in [6.45, 7) is 4.40. The molecule has 0 fully saturated rings. The summed E-state index contributed by atoms with van der Waals surface area (Å²) in [7, 11) is 0. The van der Waals surface area contributed by atoms with Crippen molar-refractivity contribution in [2.24, 2.45) is 9.98 Å². The van der Waals surface area contributed by atoms with E-state index in [1.807, 2.05) is 0 Å². The standard InChI is InChI=1S/C27H30N2/c1-20-6-3-9-25(16-20)28-24-14-12-22(13-15-24)18-23-8-5-11-27(19-23)29-26-10-4-7-21(2)17-26/h5,8,11-17,19H,3-4,6-7,9-10,18H2,1-2H3. The molecule has 0 spiro atoms. The van der Waals surface area contributed by atoms with E-state index < -0.39 is 0 Å². The molecule has 4 rings (SSSR count). The van der Waals surface area contributed by atoms with Gasteiger partial charge in [-0.15, -0.1) is 0 Å². The van der Waals surface area contributed by atoms with Crippen LogP contribution >= 0.6 is 0 Å². The van der Waals surface area contributed by atoms with Crippen LogP contribution in [-0.2, 0) is 6.42 Å². The summed E-state index contributed by atoms with van der Waals surface area (Å²) in [5.41, 5.74) is 10.0. The van der Waals surface area contributed by atoms with Gasteiger partial charge in [-0.2, -0.15) is 0 Å². The van der Waals surface area contributed by atoms with Crippen LogP contribution in [-0.4, -0.2) is 11.4 Å². The van der Waals surface area contributed by atoms with E-state index >= 15 is 0 Å². The lowest BCUT2D eigenvalue weighted by Crippen LogP contribution is -2.01. The highest BCUT2D eigenvalue weighted by molar-refractivity contribution is 5.98. The molecule has 0 amide bonds. The van der Waals surface area contributed by atoms with E-state index in [2.05, 4.69) is 74.5 Å². The van der Waals surface area contributed by atoms with Gasteiger partial charge >= 0.3 is 0 Å². The molecule has 148 valence electrons. The third-order valence-electron chi connectivity index (χ3n) is 5.63. The van der Waals surface area contributed by atoms with Gasteiger partial charge in [-0.3, -0.25) is 9.98 Å². The zero-order valence-corrected chi connectivity index (χ0v) is 17.6. The summed E-state index contributed by atoms with van der Waals surface area (Å²) in [6.07, 6.45) is 12.4. The molecule has 2 aromatic rings. The van der Waals surface area contributed by atoms with Gasteiger partial charge in [0.15, 0.2) is 0 Å². The quantitative estimate of drug-likeness (QED) is 0.518. The van der Waals surface area contributed by atoms with Gasteiger partial charge in [-0.25, -0.2) is 0 Å². The minimum Gasteiger partial charge on any atom is -0.253 e. The van der Waals surface area contributed by atoms with Gasteiger partial charge in [0, 0.05) is 11.4 Å². The van der Waals surface area contributed by atoms with Crippen LogP contribution in [0.5, 0.6) is 0 Å². The fourth-order valence-corrected chi connectivity index (χ4v) is 4.12. The number of nitrogens with zero attached hydrogens (tertiary/aromatic N) is 2. The lowest BCUT2D eigenvalue weighted by molar-refractivity contribution is 0.836. The van der Waals surface area contributed by atoms with Crippen molar-refractivity contribution in [1.29, 1.82) is 0 Å². The molecule has 2 aliphatic carbocycles. The molecule has 0 radical (unpaired) electrons. The largest absolute Gasteiger partial charge is 0.253 e. The average Bonchev–Trinajstić information content (AvgIpc) is 2.70. The normalized spacial score (nSPS) is 19.9. The van der Waals surface area contributed by atoms with Gasteiger partial charge < -0.3 is 0 Å². The van der Waals surface area contributed by atoms with E-state index in [9.17, 15) is 0 Å². The second-order valence-corrected chi connectivity index (χ2v) is 8.41. The molecule has 2 heteroatoms. The second-order valence-electron chi connectivity index (χ2n) is 8.41. The zero-order chi connectivity index (χ0) is 20.1. The number of rotatable bonds is 4. The van der Waals surface area contributed by atoms with Crippen molar-refractivity contribution < 1.29 is 0 Å². The van der Waals surface area contributed by atoms with E-state index in [0.29, 0.717) is 0 Å². The monoisotopic (exact) mass is 382 g/mol. The van der Waals surface area contributed by atoms with Gasteiger partial charge in [-0.1, -0.05) is 35.4 Å². The molecule has 2 nitrogen and oxygen atoms in total. The Bertz CT molecular complexity index is 987. The van der Waals surface area contributed by atoms with Crippen molar-refractivity contribution in [3.05, 3.63) is 83.0 Å². The molecule has 29 heavy (non-hydrogen) atoms. The Morgan fingerprint density at radius 3 is 1.90 bits per heavy atom. The fraction of sp³-hybridized carbons (Fsp3) is 0.333. The maximum atomic E-state index is 4.87. The van der Waals surface area contributed by atoms with Crippen LogP contribution in [0.2, 0.25) is 0 Å². The van der Waals surface area contributed by atoms with Crippen LogP contribution in [0.3, 0.4) is 0 Å². The lowest BCUT2D eigenvalue weighted by Gasteiger charge is -2.11. The fourth-order valence-electron chi connectivity index (χ4n) is 4.12. The van der Waals surface area contributed by atoms with Crippen molar-refractivity contribution in [3.8, 4) is 0 Å². The van der Waals surface area contributed by atoms with Crippen molar-refractivity contribution in [1.82, 2.24) is 0 Å². The summed E-state index contributed by atoms with van der Waals surface area (Å²) in [5, 5.41) is 0. The van der Waals surface area contributed by atoms with Crippen molar-refractivity contribution in [2.45, 2.75) is 58.8 Å². The third kappa shape index (κ3) is 5.63. The molecule has 0 saturated heterocycles. The molecule has 0 N–H and O–H groups in total. The number of hydrogen-bond donors (Lipinski definition) is 0. The topological polar surface area (TPSA) is 24.7 Å². The predicted molar refractivity (Wildman–Crippen MR) is 125 cm³/mol. The van der Waals surface area contributed by atoms with E-state index in [4.69, 9.17) is 9.98 Å². The van der Waals surface area contributed by atoms with Crippen molar-refractivity contribution in [2.75, 3.05) is 0 Å². The Hall–Kier alpha value is -2.74. The molecule has 0 saturated carbocycles. The Kier molecular flexibility index (Phi) is 6.19. The maximum Gasteiger partial charge on any atom is 0.0635 e. The molecular formula is C27H30N2. The lowest BCUT2D eigenvalue weighted by atomic mass is 9.99. The first-order chi connectivity index (χ1) is 14.1. The summed E-state index contributed by atoms with van der Waals surface area (Å²) < 4.78 is 0. The molecule has 0 atom stereocenters. The first-order valence-corrected chi connectivity index (χ1v) is 10.8. The Morgan fingerprint density at radius 1 is 0.655 bits per heavy atom. The number of allylic oxidation sites excluding steroid dienone is 4. The minimum atomic E-state index is 0.920. The summed E-state index contributed by atoms with van der Waals surface area (Å²) in [5.74, 6) is 0. The van der Waals surface area contributed by atoms with Gasteiger partial charge in [-0.05, 0) is 106 Å². The highest BCUT2D eigenvalue weighted by Crippen LogP contribution is 2.23. The van der Waals surface area contributed by atoms with E-state index in [-0.39, 0.29) is 0 Å². The zero-order valence-electron chi connectivity index (χ0n) is 17.6. The van der Waals surface area contributed by atoms with Crippen LogP contribution < -0.4 is 0 Å². The van der Waals surface area contributed by atoms with Crippen LogP contribution in [0.4, 0.5) is 11.4 Å². The number of hydrogen-bond acceptors (Lipinski definition) is 2. The Balaban J connectivity index is 1.46. The second kappa shape index (κ2) is 9.17. The van der Waals surface area contributed by atoms with Crippen LogP contribution in [0.15, 0.2) is 81.8 Å². The smallest absolute Gasteiger partial charge is 0.0635 e. The first-order valence-electron chi connectivity index (χ1n) is 10.8. The van der Waals surface area contributed by atoms with Gasteiger partial charge in [0.25, 0.3) is 0 Å². The molecule has 0 aliphatic heterocycles. The van der Waals surface area contributed by atoms with E-state index in [0.717, 1.165) is 30.6 Å². The van der Waals surface area contributed by atoms with Crippen LogP contribution in [0, 0.1) is 0 Å². The van der Waals surface area contributed by atoms with Gasteiger partial charge in [0.1, 0.15) is 0 Å². The van der Waals surface area contributed by atoms with Crippen molar-refractivity contribution in [3.63, 3.8) is 0 Å². The van der Waals surface area contributed by atoms with Crippen LogP contribution in [0.1, 0.15) is 63.5 Å². The summed E-state index contributed by atoms with van der Waals surface area (Å²) in [6, 6.07) is 17.3. The van der Waals surface area contributed by atoms with Gasteiger partial charge in [0.05, 0.1) is 11.4 Å². The van der Waals surface area contributed by atoms with E-state index in [1.165, 1.54) is 59.4 Å². The number of aliphatic imine (C=N–C) groups is 2. The van der Waals surface area contributed by atoms with Gasteiger partial charge in [0.2, 0.25) is 0 Å². The van der Waals surface area contributed by atoms with E-state index in [1.54, 1.807) is 0 Å². The molecular weight excluding hydrogens is 352 g/mol. The molecule has 0 heterocycles.